The Morgan fingerprint density at radius 1 is 1.16 bits per heavy atom. The summed E-state index contributed by atoms with van der Waals surface area (Å²) in [6, 6.07) is 7.38. The zero-order chi connectivity index (χ0) is 21.6. The Labute approximate surface area is 189 Å². The molecule has 1 aliphatic rings. The fourth-order valence-electron chi connectivity index (χ4n) is 4.12. The van der Waals surface area contributed by atoms with Gasteiger partial charge in [0, 0.05) is 18.9 Å². The quantitative estimate of drug-likeness (QED) is 0.360. The van der Waals surface area contributed by atoms with Gasteiger partial charge in [0.25, 0.3) is 5.56 Å². The van der Waals surface area contributed by atoms with Gasteiger partial charge in [0.1, 0.15) is 5.01 Å². The second-order valence-corrected chi connectivity index (χ2v) is 9.47. The third-order valence-corrected chi connectivity index (χ3v) is 7.14. The van der Waals surface area contributed by atoms with E-state index in [2.05, 4.69) is 20.5 Å². The van der Waals surface area contributed by atoms with Gasteiger partial charge in [0.05, 0.1) is 10.9 Å². The molecule has 1 amide bonds. The lowest BCUT2D eigenvalue weighted by Gasteiger charge is -2.18. The van der Waals surface area contributed by atoms with Gasteiger partial charge in [-0.2, -0.15) is 0 Å². The number of amides is 1. The summed E-state index contributed by atoms with van der Waals surface area (Å²) in [7, 11) is 0. The number of aromatic amines is 1. The summed E-state index contributed by atoms with van der Waals surface area (Å²) in [4.78, 5) is 28.0. The first-order chi connectivity index (χ1) is 15.1. The average Bonchev–Trinajstić information content (AvgIpc) is 3.24. The Morgan fingerprint density at radius 3 is 2.81 bits per heavy atom. The number of hydrogen-bond donors (Lipinski definition) is 2. The van der Waals surface area contributed by atoms with E-state index in [1.807, 2.05) is 18.2 Å². The van der Waals surface area contributed by atoms with Gasteiger partial charge in [-0.25, -0.2) is 0 Å². The fraction of sp³-hybridized carbons (Fsp3) is 0.500. The van der Waals surface area contributed by atoms with Gasteiger partial charge in [0.2, 0.25) is 11.0 Å². The number of anilines is 1. The number of hydrogen-bond acceptors (Lipinski definition) is 6. The van der Waals surface area contributed by atoms with Crippen molar-refractivity contribution in [3.05, 3.63) is 44.4 Å². The van der Waals surface area contributed by atoms with E-state index in [-0.39, 0.29) is 11.5 Å². The maximum absolute atomic E-state index is 12.6. The van der Waals surface area contributed by atoms with Crippen molar-refractivity contribution < 1.29 is 4.79 Å². The number of fused-ring (bicyclic) bond motifs is 1. The number of carbonyl (C=O) groups excluding carboxylic acids is 1. The molecule has 31 heavy (non-hydrogen) atoms. The van der Waals surface area contributed by atoms with E-state index >= 15 is 0 Å². The second-order valence-electron chi connectivity index (χ2n) is 8.07. The van der Waals surface area contributed by atoms with E-state index in [0.717, 1.165) is 29.8 Å². The Hall–Kier alpha value is -2.39. The topological polar surface area (TPSA) is 92.7 Å². The molecule has 0 saturated heterocycles. The van der Waals surface area contributed by atoms with Gasteiger partial charge in [-0.15, -0.1) is 10.2 Å². The van der Waals surface area contributed by atoms with Gasteiger partial charge in [0.15, 0.2) is 4.77 Å². The smallest absolute Gasteiger partial charge is 0.262 e. The number of para-hydroxylation sites is 1. The van der Waals surface area contributed by atoms with Crippen LogP contribution in [0.1, 0.15) is 68.7 Å². The molecule has 2 aromatic heterocycles. The normalized spacial score (nSPS) is 14.7. The van der Waals surface area contributed by atoms with Crippen LogP contribution in [0.2, 0.25) is 0 Å². The molecule has 1 fully saturated rings. The summed E-state index contributed by atoms with van der Waals surface area (Å²) in [6.07, 6.45) is 8.96. The molecule has 0 radical (unpaired) electrons. The van der Waals surface area contributed by atoms with Crippen LogP contribution < -0.4 is 10.9 Å². The molecule has 7 nitrogen and oxygen atoms in total. The summed E-state index contributed by atoms with van der Waals surface area (Å²) >= 11 is 6.85. The lowest BCUT2D eigenvalue weighted by molar-refractivity contribution is -0.116. The van der Waals surface area contributed by atoms with Crippen molar-refractivity contribution >= 4 is 45.5 Å². The van der Waals surface area contributed by atoms with Crippen LogP contribution in [0.4, 0.5) is 5.13 Å². The number of unbranched alkanes of at least 4 members (excludes halogenated alkanes) is 2. The predicted molar refractivity (Wildman–Crippen MR) is 126 cm³/mol. The number of nitrogens with zero attached hydrogens (tertiary/aromatic N) is 3. The van der Waals surface area contributed by atoms with Crippen LogP contribution in [0, 0.1) is 4.77 Å². The van der Waals surface area contributed by atoms with Crippen molar-refractivity contribution in [2.75, 3.05) is 5.32 Å². The summed E-state index contributed by atoms with van der Waals surface area (Å²) < 4.78 is 2.04. The number of rotatable bonds is 8. The van der Waals surface area contributed by atoms with Crippen LogP contribution in [-0.4, -0.2) is 25.7 Å². The number of aromatic nitrogens is 4. The van der Waals surface area contributed by atoms with E-state index < -0.39 is 0 Å². The minimum atomic E-state index is -0.0675. The molecule has 1 aromatic carbocycles. The zero-order valence-corrected chi connectivity index (χ0v) is 19.1. The molecular formula is C22H27N5O2S2. The monoisotopic (exact) mass is 457 g/mol. The number of nitrogens with one attached hydrogen (secondary N) is 2. The average molecular weight is 458 g/mol. The number of benzene rings is 1. The van der Waals surface area contributed by atoms with E-state index in [1.165, 1.54) is 43.4 Å². The van der Waals surface area contributed by atoms with Crippen LogP contribution in [0.15, 0.2) is 29.1 Å². The predicted octanol–water partition coefficient (Wildman–Crippen LogP) is 5.16. The molecule has 0 atom stereocenters. The van der Waals surface area contributed by atoms with E-state index in [0.29, 0.717) is 34.2 Å². The van der Waals surface area contributed by atoms with Crippen molar-refractivity contribution in [1.29, 1.82) is 0 Å². The van der Waals surface area contributed by atoms with Crippen LogP contribution in [0.25, 0.3) is 10.9 Å². The Bertz CT molecular complexity index is 1160. The van der Waals surface area contributed by atoms with Crippen LogP contribution in [0.3, 0.4) is 0 Å². The standard InChI is InChI=1S/C22H27N5O2S2/c28-18(24-21-26-25-19(31-21)15-9-3-1-4-10-15)13-5-2-8-14-27-20(29)16-11-6-7-12-17(16)23-22(27)30/h6-7,11-12,15H,1-5,8-10,13-14H2,(H,23,30)(H,24,26,28). The van der Waals surface area contributed by atoms with Crippen LogP contribution in [-0.2, 0) is 11.3 Å². The van der Waals surface area contributed by atoms with Gasteiger partial charge < -0.3 is 10.3 Å². The van der Waals surface area contributed by atoms with Crippen molar-refractivity contribution in [2.24, 2.45) is 0 Å². The van der Waals surface area contributed by atoms with Crippen molar-refractivity contribution in [3.8, 4) is 0 Å². The molecule has 4 rings (SSSR count). The van der Waals surface area contributed by atoms with Crippen molar-refractivity contribution in [2.45, 2.75) is 70.3 Å². The third kappa shape index (κ3) is 5.46. The molecule has 0 unspecified atom stereocenters. The van der Waals surface area contributed by atoms with E-state index in [9.17, 15) is 9.59 Å². The van der Waals surface area contributed by atoms with Gasteiger partial charge in [-0.3, -0.25) is 14.2 Å². The SMILES string of the molecule is O=C(CCCCCn1c(=S)[nH]c2ccccc2c1=O)Nc1nnc(C2CCCCC2)s1. The summed E-state index contributed by atoms with van der Waals surface area (Å²) in [5.41, 5.74) is 0.691. The summed E-state index contributed by atoms with van der Waals surface area (Å²) in [5.74, 6) is 0.466. The molecular weight excluding hydrogens is 430 g/mol. The largest absolute Gasteiger partial charge is 0.332 e. The number of H-pyrrole nitrogens is 1. The molecule has 2 N–H and O–H groups in total. The van der Waals surface area contributed by atoms with Gasteiger partial charge >= 0.3 is 0 Å². The first-order valence-electron chi connectivity index (χ1n) is 11.0. The van der Waals surface area contributed by atoms with Gasteiger partial charge in [-0.05, 0) is 50.0 Å². The molecule has 3 aromatic rings. The lowest BCUT2D eigenvalue weighted by atomic mass is 9.90. The second kappa shape index (κ2) is 10.3. The van der Waals surface area contributed by atoms with E-state index in [1.54, 1.807) is 10.6 Å². The summed E-state index contributed by atoms with van der Waals surface area (Å²) in [5, 5.41) is 13.6. The zero-order valence-electron chi connectivity index (χ0n) is 17.4. The molecule has 0 aliphatic heterocycles. The highest BCUT2D eigenvalue weighted by Crippen LogP contribution is 2.35. The Balaban J connectivity index is 1.22. The highest BCUT2D eigenvalue weighted by Gasteiger charge is 2.20. The molecule has 2 heterocycles. The first-order valence-corrected chi connectivity index (χ1v) is 12.2. The van der Waals surface area contributed by atoms with Crippen molar-refractivity contribution in [1.82, 2.24) is 19.7 Å². The molecule has 1 saturated carbocycles. The molecule has 9 heteroatoms. The highest BCUT2D eigenvalue weighted by molar-refractivity contribution is 7.71. The van der Waals surface area contributed by atoms with E-state index in [4.69, 9.17) is 12.2 Å². The minimum absolute atomic E-state index is 0.0356. The maximum Gasteiger partial charge on any atom is 0.262 e. The molecule has 164 valence electrons. The fourth-order valence-corrected chi connectivity index (χ4v) is 5.33. The molecule has 0 spiro atoms. The minimum Gasteiger partial charge on any atom is -0.332 e. The van der Waals surface area contributed by atoms with Crippen LogP contribution in [0.5, 0.6) is 0 Å². The molecule has 1 aliphatic carbocycles. The lowest BCUT2D eigenvalue weighted by Crippen LogP contribution is -2.22. The van der Waals surface area contributed by atoms with Crippen molar-refractivity contribution in [3.63, 3.8) is 0 Å². The highest BCUT2D eigenvalue weighted by atomic mass is 32.1. The third-order valence-electron chi connectivity index (χ3n) is 5.82. The Kier molecular flexibility index (Phi) is 7.24. The number of carbonyl (C=O) groups is 1. The Morgan fingerprint density at radius 2 is 1.97 bits per heavy atom. The first kappa shape index (κ1) is 21.8. The maximum atomic E-state index is 12.6. The van der Waals surface area contributed by atoms with Crippen LogP contribution >= 0.6 is 23.6 Å². The molecule has 0 bridgehead atoms. The summed E-state index contributed by atoms with van der Waals surface area (Å²) in [6.45, 7) is 0.543. The van der Waals surface area contributed by atoms with Gasteiger partial charge in [-0.1, -0.05) is 49.2 Å².